The molecule has 6 rings (SSSR count). The largest absolute Gasteiger partial charge is 0.478 e. The van der Waals surface area contributed by atoms with Gasteiger partial charge in [0.15, 0.2) is 0 Å². The highest BCUT2D eigenvalue weighted by molar-refractivity contribution is 6.03. The standard InChI is InChI=1S/C28H28N2O4/c31-26(25-2-1-15-34-25)30-13-10-28(11-14-30)17-23(28)19-5-3-18(4-6-19)20-7-8-21-22(27(32)33)9-12-29-24(21)16-20/h3-9,12,16,23,25H,1-2,10-11,13-15,17H2,(H,32,33)/t23-,25+/m0/s1. The fourth-order valence-electron chi connectivity index (χ4n) is 5.94. The lowest BCUT2D eigenvalue weighted by Gasteiger charge is -2.34. The SMILES string of the molecule is O=C(O)c1ccnc2cc(-c3ccc([C@@H]4CC45CCN(C(=O)[C@H]4CCCO4)CC5)cc3)ccc12. The molecule has 1 aromatic heterocycles. The van der Waals surface area contributed by atoms with E-state index in [0.717, 1.165) is 49.9 Å². The Morgan fingerprint density at radius 2 is 1.79 bits per heavy atom. The quantitative estimate of drug-likeness (QED) is 0.606. The molecule has 34 heavy (non-hydrogen) atoms. The van der Waals surface area contributed by atoms with Crippen LogP contribution in [0.3, 0.4) is 0 Å². The van der Waals surface area contributed by atoms with E-state index in [2.05, 4.69) is 29.2 Å². The van der Waals surface area contributed by atoms with Crippen molar-refractivity contribution in [1.82, 2.24) is 9.88 Å². The summed E-state index contributed by atoms with van der Waals surface area (Å²) in [4.78, 5) is 30.5. The molecule has 1 amide bonds. The number of amides is 1. The number of pyridine rings is 1. The Morgan fingerprint density at radius 3 is 2.50 bits per heavy atom. The maximum atomic E-state index is 12.7. The molecule has 1 spiro atoms. The van der Waals surface area contributed by atoms with Gasteiger partial charge in [-0.1, -0.05) is 36.4 Å². The molecule has 6 heteroatoms. The van der Waals surface area contributed by atoms with Crippen LogP contribution in [0.15, 0.2) is 54.7 Å². The van der Waals surface area contributed by atoms with Gasteiger partial charge >= 0.3 is 5.97 Å². The molecule has 2 saturated heterocycles. The van der Waals surface area contributed by atoms with E-state index in [0.29, 0.717) is 28.8 Å². The number of rotatable bonds is 4. The number of carbonyl (C=O) groups is 2. The summed E-state index contributed by atoms with van der Waals surface area (Å²) in [7, 11) is 0. The molecule has 1 N–H and O–H groups in total. The van der Waals surface area contributed by atoms with Crippen LogP contribution in [0.1, 0.15) is 53.9 Å². The zero-order valence-corrected chi connectivity index (χ0v) is 19.1. The number of ether oxygens (including phenoxy) is 1. The van der Waals surface area contributed by atoms with Gasteiger partial charge in [0.05, 0.1) is 11.1 Å². The molecule has 3 aromatic rings. The van der Waals surface area contributed by atoms with Crippen molar-refractivity contribution in [3.8, 4) is 11.1 Å². The fraction of sp³-hybridized carbons (Fsp3) is 0.393. The van der Waals surface area contributed by atoms with Crippen molar-refractivity contribution in [3.63, 3.8) is 0 Å². The summed E-state index contributed by atoms with van der Waals surface area (Å²) in [5.74, 6) is -0.183. The Kier molecular flexibility index (Phi) is 5.14. The maximum absolute atomic E-state index is 12.7. The lowest BCUT2D eigenvalue weighted by Crippen LogP contribution is -2.44. The first-order valence-electron chi connectivity index (χ1n) is 12.2. The second-order valence-electron chi connectivity index (χ2n) is 9.96. The Hall–Kier alpha value is -3.25. The number of carboxylic acid groups (broad SMARTS) is 1. The molecule has 3 fully saturated rings. The Balaban J connectivity index is 1.14. The topological polar surface area (TPSA) is 79.7 Å². The number of likely N-dealkylation sites (tertiary alicyclic amines) is 1. The van der Waals surface area contributed by atoms with Crippen LogP contribution >= 0.6 is 0 Å². The summed E-state index contributed by atoms with van der Waals surface area (Å²) in [5, 5.41) is 10.1. The number of fused-ring (bicyclic) bond motifs is 1. The number of aromatic carboxylic acids is 1. The van der Waals surface area contributed by atoms with Gasteiger partial charge in [0, 0.05) is 31.3 Å². The maximum Gasteiger partial charge on any atom is 0.336 e. The fourth-order valence-corrected chi connectivity index (χ4v) is 5.94. The third-order valence-corrected chi connectivity index (χ3v) is 8.09. The summed E-state index contributed by atoms with van der Waals surface area (Å²) in [5.41, 5.74) is 4.80. The van der Waals surface area contributed by atoms with Crippen LogP contribution in [0, 0.1) is 5.41 Å². The molecular weight excluding hydrogens is 428 g/mol. The molecule has 0 unspecified atom stereocenters. The first kappa shape index (κ1) is 21.3. The van der Waals surface area contributed by atoms with Gasteiger partial charge in [0.2, 0.25) is 0 Å². The Labute approximate surface area is 198 Å². The van der Waals surface area contributed by atoms with E-state index >= 15 is 0 Å². The molecule has 2 atom stereocenters. The number of aromatic nitrogens is 1. The van der Waals surface area contributed by atoms with Crippen molar-refractivity contribution in [2.45, 2.75) is 44.1 Å². The predicted molar refractivity (Wildman–Crippen MR) is 129 cm³/mol. The number of hydrogen-bond acceptors (Lipinski definition) is 4. The Bertz CT molecular complexity index is 1260. The molecule has 0 bridgehead atoms. The zero-order valence-electron chi connectivity index (χ0n) is 19.1. The second kappa shape index (κ2) is 8.20. The van der Waals surface area contributed by atoms with Crippen molar-refractivity contribution in [2.75, 3.05) is 19.7 Å². The monoisotopic (exact) mass is 456 g/mol. The molecule has 174 valence electrons. The number of piperidine rings is 1. The van der Waals surface area contributed by atoms with Crippen LogP contribution in [0.4, 0.5) is 0 Å². The molecule has 3 aliphatic rings. The minimum atomic E-state index is -0.940. The van der Waals surface area contributed by atoms with Crippen LogP contribution < -0.4 is 0 Å². The highest BCUT2D eigenvalue weighted by Crippen LogP contribution is 2.65. The summed E-state index contributed by atoms with van der Waals surface area (Å²) < 4.78 is 5.59. The van der Waals surface area contributed by atoms with Gasteiger partial charge in [0.1, 0.15) is 6.10 Å². The number of benzene rings is 2. The first-order chi connectivity index (χ1) is 16.5. The van der Waals surface area contributed by atoms with E-state index < -0.39 is 5.97 Å². The number of carboxylic acids is 1. The third kappa shape index (κ3) is 3.66. The summed E-state index contributed by atoms with van der Waals surface area (Å²) >= 11 is 0. The van der Waals surface area contributed by atoms with Crippen molar-refractivity contribution < 1.29 is 19.4 Å². The smallest absolute Gasteiger partial charge is 0.336 e. The number of nitrogens with zero attached hydrogens (tertiary/aromatic N) is 2. The van der Waals surface area contributed by atoms with E-state index in [1.807, 2.05) is 23.1 Å². The van der Waals surface area contributed by atoms with Gasteiger partial charge in [-0.3, -0.25) is 9.78 Å². The molecule has 1 saturated carbocycles. The number of hydrogen-bond donors (Lipinski definition) is 1. The van der Waals surface area contributed by atoms with Gasteiger partial charge < -0.3 is 14.7 Å². The second-order valence-corrected chi connectivity index (χ2v) is 9.96. The van der Waals surface area contributed by atoms with E-state index in [9.17, 15) is 14.7 Å². The molecule has 2 aromatic carbocycles. The van der Waals surface area contributed by atoms with Gasteiger partial charge in [0.25, 0.3) is 5.91 Å². The van der Waals surface area contributed by atoms with Crippen LogP contribution in [0.25, 0.3) is 22.0 Å². The van der Waals surface area contributed by atoms with E-state index in [-0.39, 0.29) is 17.6 Å². The molecule has 2 aliphatic heterocycles. The minimum Gasteiger partial charge on any atom is -0.478 e. The van der Waals surface area contributed by atoms with Crippen molar-refractivity contribution in [1.29, 1.82) is 0 Å². The van der Waals surface area contributed by atoms with Crippen molar-refractivity contribution >= 4 is 22.8 Å². The average Bonchev–Trinajstić information content (AvgIpc) is 3.28. The lowest BCUT2D eigenvalue weighted by atomic mass is 9.88. The summed E-state index contributed by atoms with van der Waals surface area (Å²) in [6, 6.07) is 16.1. The van der Waals surface area contributed by atoms with Crippen molar-refractivity contribution in [2.24, 2.45) is 5.41 Å². The van der Waals surface area contributed by atoms with Crippen LogP contribution in [0.2, 0.25) is 0 Å². The highest BCUT2D eigenvalue weighted by Gasteiger charge is 2.55. The normalized spacial score (nSPS) is 23.4. The third-order valence-electron chi connectivity index (χ3n) is 8.09. The number of carbonyl (C=O) groups excluding carboxylic acids is 1. The highest BCUT2D eigenvalue weighted by atomic mass is 16.5. The first-order valence-corrected chi connectivity index (χ1v) is 12.2. The molecule has 0 radical (unpaired) electrons. The van der Waals surface area contributed by atoms with E-state index in [4.69, 9.17) is 4.74 Å². The van der Waals surface area contributed by atoms with Gasteiger partial charge in [-0.05, 0) is 72.3 Å². The summed E-state index contributed by atoms with van der Waals surface area (Å²) in [6.45, 7) is 2.40. The minimum absolute atomic E-state index is 0.189. The van der Waals surface area contributed by atoms with Crippen LogP contribution in [0.5, 0.6) is 0 Å². The lowest BCUT2D eigenvalue weighted by molar-refractivity contribution is -0.142. The predicted octanol–water partition coefficient (Wildman–Crippen LogP) is 4.88. The zero-order chi connectivity index (χ0) is 23.3. The van der Waals surface area contributed by atoms with Crippen LogP contribution in [-0.2, 0) is 9.53 Å². The van der Waals surface area contributed by atoms with E-state index in [1.165, 1.54) is 18.1 Å². The molecule has 3 heterocycles. The summed E-state index contributed by atoms with van der Waals surface area (Å²) in [6.07, 6.45) is 6.53. The van der Waals surface area contributed by atoms with Crippen molar-refractivity contribution in [3.05, 3.63) is 65.9 Å². The van der Waals surface area contributed by atoms with Crippen LogP contribution in [-0.4, -0.2) is 52.7 Å². The Morgan fingerprint density at radius 1 is 1.03 bits per heavy atom. The van der Waals surface area contributed by atoms with Gasteiger partial charge in [-0.25, -0.2) is 4.79 Å². The van der Waals surface area contributed by atoms with Gasteiger partial charge in [-0.2, -0.15) is 0 Å². The van der Waals surface area contributed by atoms with Gasteiger partial charge in [-0.15, -0.1) is 0 Å². The van der Waals surface area contributed by atoms with E-state index in [1.54, 1.807) is 6.20 Å². The average molecular weight is 457 g/mol. The molecular formula is C28H28N2O4. The molecule has 6 nitrogen and oxygen atoms in total. The molecule has 1 aliphatic carbocycles.